The van der Waals surface area contributed by atoms with E-state index in [1.54, 1.807) is 0 Å². The van der Waals surface area contributed by atoms with Gasteiger partial charge in [0.2, 0.25) is 0 Å². The zero-order chi connectivity index (χ0) is 8.39. The number of hydrogen-bond donors (Lipinski definition) is 0. The van der Waals surface area contributed by atoms with Crippen molar-refractivity contribution < 1.29 is 4.58 Å². The molecular weight excluding hydrogens is 148 g/mol. The van der Waals surface area contributed by atoms with Crippen molar-refractivity contribution in [1.29, 1.82) is 0 Å². The molecule has 0 saturated heterocycles. The van der Waals surface area contributed by atoms with Crippen molar-refractivity contribution in [1.82, 2.24) is 4.98 Å². The van der Waals surface area contributed by atoms with E-state index in [4.69, 9.17) is 0 Å². The molecule has 2 heterocycles. The maximum atomic E-state index is 4.12. The van der Waals surface area contributed by atoms with Crippen LogP contribution in [0.3, 0.4) is 0 Å². The lowest BCUT2D eigenvalue weighted by Gasteiger charge is -1.95. The van der Waals surface area contributed by atoms with Gasteiger partial charge in [-0.3, -0.25) is 4.98 Å². The van der Waals surface area contributed by atoms with Gasteiger partial charge in [-0.15, -0.1) is 0 Å². The molecule has 0 atom stereocenters. The molecule has 0 radical (unpaired) electrons. The SMILES string of the molecule is C[N+]1=C(c2cccnc2)CCC1. The van der Waals surface area contributed by atoms with E-state index in [2.05, 4.69) is 22.7 Å². The molecule has 2 nitrogen and oxygen atoms in total. The topological polar surface area (TPSA) is 15.9 Å². The summed E-state index contributed by atoms with van der Waals surface area (Å²) in [4.78, 5) is 4.12. The molecule has 2 heteroatoms. The van der Waals surface area contributed by atoms with Crippen molar-refractivity contribution in [3.63, 3.8) is 0 Å². The fourth-order valence-electron chi connectivity index (χ4n) is 1.71. The quantitative estimate of drug-likeness (QED) is 0.567. The summed E-state index contributed by atoms with van der Waals surface area (Å²) in [5.74, 6) is 0. The molecular formula is C10H13N2+. The molecule has 0 saturated carbocycles. The van der Waals surface area contributed by atoms with Gasteiger partial charge in [0.25, 0.3) is 0 Å². The lowest BCUT2D eigenvalue weighted by Crippen LogP contribution is -2.10. The smallest absolute Gasteiger partial charge is 0.184 e. The Morgan fingerprint density at radius 1 is 1.50 bits per heavy atom. The molecule has 0 unspecified atom stereocenters. The van der Waals surface area contributed by atoms with Crippen LogP contribution in [0.25, 0.3) is 0 Å². The second-order valence-corrected chi connectivity index (χ2v) is 3.21. The molecule has 1 aliphatic heterocycles. The second-order valence-electron chi connectivity index (χ2n) is 3.21. The lowest BCUT2D eigenvalue weighted by molar-refractivity contribution is -0.488. The molecule has 0 bridgehead atoms. The molecule has 0 fully saturated rings. The Morgan fingerprint density at radius 3 is 3.00 bits per heavy atom. The van der Waals surface area contributed by atoms with Gasteiger partial charge in [-0.2, -0.15) is 0 Å². The van der Waals surface area contributed by atoms with E-state index in [9.17, 15) is 0 Å². The van der Waals surface area contributed by atoms with E-state index < -0.39 is 0 Å². The number of hydrogen-bond acceptors (Lipinski definition) is 1. The van der Waals surface area contributed by atoms with E-state index in [1.165, 1.54) is 30.7 Å². The molecule has 62 valence electrons. The van der Waals surface area contributed by atoms with Crippen LogP contribution in [0, 0.1) is 0 Å². The third-order valence-corrected chi connectivity index (χ3v) is 2.36. The molecule has 0 amide bonds. The van der Waals surface area contributed by atoms with Gasteiger partial charge >= 0.3 is 0 Å². The van der Waals surface area contributed by atoms with Gasteiger partial charge in [0.1, 0.15) is 13.6 Å². The average molecular weight is 161 g/mol. The van der Waals surface area contributed by atoms with Gasteiger partial charge in [-0.05, 0) is 12.1 Å². The summed E-state index contributed by atoms with van der Waals surface area (Å²) in [6.07, 6.45) is 6.24. The molecule has 1 aromatic heterocycles. The van der Waals surface area contributed by atoms with E-state index >= 15 is 0 Å². The van der Waals surface area contributed by atoms with Gasteiger partial charge < -0.3 is 0 Å². The van der Waals surface area contributed by atoms with E-state index in [1.807, 2.05) is 18.5 Å². The Kier molecular flexibility index (Phi) is 1.90. The number of rotatable bonds is 1. The molecule has 0 spiro atoms. The van der Waals surface area contributed by atoms with Crippen molar-refractivity contribution in [3.8, 4) is 0 Å². The fraction of sp³-hybridized carbons (Fsp3) is 0.400. The van der Waals surface area contributed by atoms with Crippen molar-refractivity contribution in [2.45, 2.75) is 12.8 Å². The number of pyridine rings is 1. The van der Waals surface area contributed by atoms with Crippen LogP contribution in [-0.4, -0.2) is 28.9 Å². The van der Waals surface area contributed by atoms with Crippen LogP contribution in [-0.2, 0) is 0 Å². The second kappa shape index (κ2) is 3.05. The Bertz CT molecular complexity index is 301. The monoisotopic (exact) mass is 161 g/mol. The van der Waals surface area contributed by atoms with Gasteiger partial charge in [-0.1, -0.05) is 0 Å². The maximum absolute atomic E-state index is 4.12. The highest BCUT2D eigenvalue weighted by Crippen LogP contribution is 2.10. The maximum Gasteiger partial charge on any atom is 0.184 e. The first kappa shape index (κ1) is 7.47. The van der Waals surface area contributed by atoms with Crippen LogP contribution in [0.5, 0.6) is 0 Å². The van der Waals surface area contributed by atoms with Crippen molar-refractivity contribution >= 4 is 5.71 Å². The van der Waals surface area contributed by atoms with Crippen LogP contribution in [0.15, 0.2) is 24.5 Å². The number of nitrogens with zero attached hydrogens (tertiary/aromatic N) is 2. The van der Waals surface area contributed by atoms with E-state index in [-0.39, 0.29) is 0 Å². The summed E-state index contributed by atoms with van der Waals surface area (Å²) in [6, 6.07) is 4.12. The summed E-state index contributed by atoms with van der Waals surface area (Å²) >= 11 is 0. The first-order chi connectivity index (χ1) is 5.88. The normalized spacial score (nSPS) is 17.1. The highest BCUT2D eigenvalue weighted by molar-refractivity contribution is 5.97. The predicted molar refractivity (Wildman–Crippen MR) is 48.6 cm³/mol. The fourth-order valence-corrected chi connectivity index (χ4v) is 1.71. The van der Waals surface area contributed by atoms with Crippen molar-refractivity contribution in [2.24, 2.45) is 0 Å². The Hall–Kier alpha value is -1.18. The molecule has 2 rings (SSSR count). The predicted octanol–water partition coefficient (Wildman–Crippen LogP) is 1.31. The van der Waals surface area contributed by atoms with Crippen molar-refractivity contribution in [3.05, 3.63) is 30.1 Å². The van der Waals surface area contributed by atoms with Crippen molar-refractivity contribution in [2.75, 3.05) is 13.6 Å². The van der Waals surface area contributed by atoms with Gasteiger partial charge in [-0.25, -0.2) is 4.58 Å². The van der Waals surface area contributed by atoms with Gasteiger partial charge in [0.15, 0.2) is 5.71 Å². The first-order valence-electron chi connectivity index (χ1n) is 4.35. The summed E-state index contributed by atoms with van der Waals surface area (Å²) in [6.45, 7) is 1.18. The molecule has 1 aliphatic rings. The Balaban J connectivity index is 2.37. The lowest BCUT2D eigenvalue weighted by atomic mass is 10.1. The first-order valence-corrected chi connectivity index (χ1v) is 4.35. The van der Waals surface area contributed by atoms with Crippen LogP contribution < -0.4 is 0 Å². The Morgan fingerprint density at radius 2 is 2.42 bits per heavy atom. The molecule has 12 heavy (non-hydrogen) atoms. The summed E-state index contributed by atoms with van der Waals surface area (Å²) in [7, 11) is 2.15. The highest BCUT2D eigenvalue weighted by atomic mass is 15.0. The molecule has 0 aromatic carbocycles. The zero-order valence-corrected chi connectivity index (χ0v) is 7.33. The average Bonchev–Trinajstić information content (AvgIpc) is 2.53. The third-order valence-electron chi connectivity index (χ3n) is 2.36. The van der Waals surface area contributed by atoms with E-state index in [0.29, 0.717) is 0 Å². The molecule has 1 aromatic rings. The molecule has 0 aliphatic carbocycles. The summed E-state index contributed by atoms with van der Waals surface area (Å²) in [5, 5.41) is 0. The largest absolute Gasteiger partial charge is 0.264 e. The standard InChI is InChI=1S/C10H13N2/c1-12-7-3-5-10(12)9-4-2-6-11-8-9/h2,4,6,8H,3,5,7H2,1H3/q+1. The van der Waals surface area contributed by atoms with E-state index in [0.717, 1.165) is 0 Å². The zero-order valence-electron chi connectivity index (χ0n) is 7.33. The summed E-state index contributed by atoms with van der Waals surface area (Å²) in [5.41, 5.74) is 2.71. The number of aromatic nitrogens is 1. The van der Waals surface area contributed by atoms with Crippen LogP contribution in [0.2, 0.25) is 0 Å². The highest BCUT2D eigenvalue weighted by Gasteiger charge is 2.19. The third kappa shape index (κ3) is 1.24. The van der Waals surface area contributed by atoms with Gasteiger partial charge in [0, 0.05) is 25.2 Å². The molecule has 0 N–H and O–H groups in total. The van der Waals surface area contributed by atoms with Crippen LogP contribution >= 0.6 is 0 Å². The minimum Gasteiger partial charge on any atom is -0.264 e. The minimum absolute atomic E-state index is 1.18. The van der Waals surface area contributed by atoms with Crippen LogP contribution in [0.4, 0.5) is 0 Å². The minimum atomic E-state index is 1.18. The summed E-state index contributed by atoms with van der Waals surface area (Å²) < 4.78 is 2.32. The van der Waals surface area contributed by atoms with Crippen LogP contribution in [0.1, 0.15) is 18.4 Å². The van der Waals surface area contributed by atoms with Gasteiger partial charge in [0.05, 0.1) is 5.56 Å². The Labute approximate surface area is 72.6 Å².